The Hall–Kier alpha value is -1.12. The zero-order chi connectivity index (χ0) is 16.4. The van der Waals surface area contributed by atoms with E-state index in [1.54, 1.807) is 19.1 Å². The maximum Gasteiger partial charge on any atom is 0.338 e. The number of unbranched alkanes of at least 4 members (excludes halogenated alkanes) is 5. The van der Waals surface area contributed by atoms with E-state index in [0.717, 1.165) is 12.8 Å². The van der Waals surface area contributed by atoms with Crippen molar-refractivity contribution in [2.45, 2.75) is 52.4 Å². The summed E-state index contributed by atoms with van der Waals surface area (Å²) in [7, 11) is -3.27. The molecule has 0 aromatic heterocycles. The van der Waals surface area contributed by atoms with Crippen molar-refractivity contribution in [3.8, 4) is 0 Å². The topological polar surface area (TPSA) is 63.6 Å². The van der Waals surface area contributed by atoms with E-state index < -0.39 is 7.37 Å². The predicted molar refractivity (Wildman–Crippen MR) is 90.1 cm³/mol. The summed E-state index contributed by atoms with van der Waals surface area (Å²) in [5.41, 5.74) is 0.422. The van der Waals surface area contributed by atoms with Gasteiger partial charge in [0.2, 0.25) is 7.37 Å². The molecule has 0 saturated heterocycles. The highest BCUT2D eigenvalue weighted by Crippen LogP contribution is 2.38. The molecule has 4 nitrogen and oxygen atoms in total. The summed E-state index contributed by atoms with van der Waals surface area (Å²) >= 11 is 0. The molecule has 1 aromatic carbocycles. The van der Waals surface area contributed by atoms with E-state index in [1.807, 2.05) is 0 Å². The molecule has 1 N–H and O–H groups in total. The number of esters is 1. The summed E-state index contributed by atoms with van der Waals surface area (Å²) in [5, 5.41) is 0.377. The van der Waals surface area contributed by atoms with Crippen molar-refractivity contribution < 1.29 is 19.0 Å². The lowest BCUT2D eigenvalue weighted by molar-refractivity contribution is 0.0497. The largest absolute Gasteiger partial charge is 0.462 e. The van der Waals surface area contributed by atoms with Crippen LogP contribution in [0.3, 0.4) is 0 Å². The van der Waals surface area contributed by atoms with Crippen LogP contribution < -0.4 is 5.30 Å². The minimum atomic E-state index is -3.27. The van der Waals surface area contributed by atoms with E-state index >= 15 is 0 Å². The Morgan fingerprint density at radius 2 is 1.64 bits per heavy atom. The first kappa shape index (κ1) is 18.9. The van der Waals surface area contributed by atoms with Gasteiger partial charge in [0, 0.05) is 11.5 Å². The third-order valence-electron chi connectivity index (χ3n) is 3.67. The van der Waals surface area contributed by atoms with Crippen molar-refractivity contribution in [2.75, 3.05) is 12.8 Å². The van der Waals surface area contributed by atoms with E-state index in [2.05, 4.69) is 6.92 Å². The van der Waals surface area contributed by atoms with Crippen LogP contribution in [0, 0.1) is 0 Å². The summed E-state index contributed by atoms with van der Waals surface area (Å²) in [6, 6.07) is 6.17. The lowest BCUT2D eigenvalue weighted by atomic mass is 10.1. The van der Waals surface area contributed by atoms with Gasteiger partial charge in [-0.2, -0.15) is 0 Å². The number of rotatable bonds is 10. The quantitative estimate of drug-likeness (QED) is 0.399. The Labute approximate surface area is 133 Å². The highest BCUT2D eigenvalue weighted by molar-refractivity contribution is 7.66. The van der Waals surface area contributed by atoms with Crippen LogP contribution in [-0.2, 0) is 9.30 Å². The third-order valence-corrected chi connectivity index (χ3v) is 5.63. The average Bonchev–Trinajstić information content (AvgIpc) is 2.54. The monoisotopic (exact) mass is 326 g/mol. The molecule has 0 heterocycles. The second-order valence-electron chi connectivity index (χ2n) is 5.47. The van der Waals surface area contributed by atoms with Crippen LogP contribution in [0.4, 0.5) is 0 Å². The third kappa shape index (κ3) is 6.33. The van der Waals surface area contributed by atoms with Crippen LogP contribution in [0.25, 0.3) is 0 Å². The number of ether oxygens (including phenoxy) is 1. The molecule has 0 aliphatic rings. The van der Waals surface area contributed by atoms with Gasteiger partial charge in [-0.25, -0.2) is 4.79 Å². The SMILES string of the molecule is CCCCCCCCOC(=O)c1ccc(P(=O)(O)CC)cc1. The summed E-state index contributed by atoms with van der Waals surface area (Å²) in [5.74, 6) is -0.371. The van der Waals surface area contributed by atoms with Gasteiger partial charge in [-0.15, -0.1) is 0 Å². The Morgan fingerprint density at radius 3 is 2.23 bits per heavy atom. The molecule has 5 heteroatoms. The van der Waals surface area contributed by atoms with Crippen LogP contribution in [0.15, 0.2) is 24.3 Å². The Kier molecular flexibility index (Phi) is 8.44. The summed E-state index contributed by atoms with van der Waals surface area (Å²) in [4.78, 5) is 21.6. The van der Waals surface area contributed by atoms with Crippen molar-refractivity contribution in [3.05, 3.63) is 29.8 Å². The zero-order valence-electron chi connectivity index (χ0n) is 13.6. The average molecular weight is 326 g/mol. The molecule has 0 aliphatic heterocycles. The number of carbonyl (C=O) groups is 1. The summed E-state index contributed by atoms with van der Waals surface area (Å²) in [6.45, 7) is 4.28. The molecule has 1 atom stereocenters. The van der Waals surface area contributed by atoms with Gasteiger partial charge in [0.1, 0.15) is 0 Å². The molecule has 0 aliphatic carbocycles. The summed E-state index contributed by atoms with van der Waals surface area (Å²) < 4.78 is 17.0. The van der Waals surface area contributed by atoms with Gasteiger partial charge in [-0.1, -0.05) is 46.0 Å². The smallest absolute Gasteiger partial charge is 0.338 e. The first-order valence-corrected chi connectivity index (χ1v) is 9.95. The molecular formula is C17H27O4P. The maximum absolute atomic E-state index is 11.9. The molecule has 0 amide bonds. The number of benzene rings is 1. The fourth-order valence-electron chi connectivity index (χ4n) is 2.14. The number of hydrogen-bond donors (Lipinski definition) is 1. The van der Waals surface area contributed by atoms with Gasteiger partial charge in [-0.3, -0.25) is 4.57 Å². The fraction of sp³-hybridized carbons (Fsp3) is 0.588. The lowest BCUT2D eigenvalue weighted by Crippen LogP contribution is -2.10. The van der Waals surface area contributed by atoms with Gasteiger partial charge in [-0.05, 0) is 30.7 Å². The van der Waals surface area contributed by atoms with Crippen LogP contribution in [0.5, 0.6) is 0 Å². The normalized spacial score (nSPS) is 13.6. The van der Waals surface area contributed by atoms with Gasteiger partial charge in [0.15, 0.2) is 0 Å². The van der Waals surface area contributed by atoms with Crippen LogP contribution in [0.1, 0.15) is 62.7 Å². The predicted octanol–water partition coefficient (Wildman–Crippen LogP) is 4.12. The zero-order valence-corrected chi connectivity index (χ0v) is 14.5. The Morgan fingerprint density at radius 1 is 1.05 bits per heavy atom. The van der Waals surface area contributed by atoms with Crippen molar-refractivity contribution in [2.24, 2.45) is 0 Å². The number of hydrogen-bond acceptors (Lipinski definition) is 3. The molecule has 0 spiro atoms. The second kappa shape index (κ2) is 9.81. The van der Waals surface area contributed by atoms with Gasteiger partial charge >= 0.3 is 5.97 Å². The molecule has 0 saturated carbocycles. The Bertz CT molecular complexity index is 496. The number of carbonyl (C=O) groups excluding carboxylic acids is 1. The lowest BCUT2D eigenvalue weighted by Gasteiger charge is -2.10. The standard InChI is InChI=1S/C17H27O4P/c1-3-5-6-7-8-9-14-21-17(18)15-10-12-16(13-11-15)22(19,20)4-2/h10-13H,3-9,14H2,1-2H3,(H,19,20). The fourth-order valence-corrected chi connectivity index (χ4v) is 3.12. The van der Waals surface area contributed by atoms with Gasteiger partial charge in [0.25, 0.3) is 0 Å². The Balaban J connectivity index is 2.36. The molecule has 1 unspecified atom stereocenters. The molecule has 0 fully saturated rings. The molecule has 22 heavy (non-hydrogen) atoms. The molecule has 124 valence electrons. The van der Waals surface area contributed by atoms with Crippen LogP contribution in [-0.4, -0.2) is 23.6 Å². The van der Waals surface area contributed by atoms with Crippen molar-refractivity contribution in [1.82, 2.24) is 0 Å². The molecule has 0 radical (unpaired) electrons. The van der Waals surface area contributed by atoms with E-state index in [9.17, 15) is 14.3 Å². The molecule has 1 rings (SSSR count). The molecular weight excluding hydrogens is 299 g/mol. The van der Waals surface area contributed by atoms with Crippen LogP contribution in [0.2, 0.25) is 0 Å². The van der Waals surface area contributed by atoms with E-state index in [-0.39, 0.29) is 12.1 Å². The molecule has 0 bridgehead atoms. The minimum absolute atomic E-state index is 0.189. The summed E-state index contributed by atoms with van der Waals surface area (Å²) in [6.07, 6.45) is 7.07. The van der Waals surface area contributed by atoms with Crippen molar-refractivity contribution in [1.29, 1.82) is 0 Å². The highest BCUT2D eigenvalue weighted by atomic mass is 31.2. The van der Waals surface area contributed by atoms with Crippen molar-refractivity contribution in [3.63, 3.8) is 0 Å². The molecule has 1 aromatic rings. The first-order valence-electron chi connectivity index (χ1n) is 8.10. The highest BCUT2D eigenvalue weighted by Gasteiger charge is 2.18. The van der Waals surface area contributed by atoms with Crippen LogP contribution >= 0.6 is 7.37 Å². The maximum atomic E-state index is 11.9. The van der Waals surface area contributed by atoms with E-state index in [4.69, 9.17) is 4.74 Å². The second-order valence-corrected chi connectivity index (χ2v) is 8.02. The van der Waals surface area contributed by atoms with Gasteiger partial charge in [0.05, 0.1) is 12.2 Å². The first-order chi connectivity index (χ1) is 10.5. The van der Waals surface area contributed by atoms with E-state index in [1.165, 1.54) is 37.8 Å². The minimum Gasteiger partial charge on any atom is -0.462 e. The van der Waals surface area contributed by atoms with E-state index in [0.29, 0.717) is 17.5 Å². The van der Waals surface area contributed by atoms with Gasteiger partial charge < -0.3 is 9.63 Å². The van der Waals surface area contributed by atoms with Crippen molar-refractivity contribution >= 4 is 18.6 Å².